The molecule has 0 aliphatic heterocycles. The molecular weight excluding hydrogens is 359 g/mol. The van der Waals surface area contributed by atoms with E-state index in [1.807, 2.05) is 60.7 Å². The van der Waals surface area contributed by atoms with Crippen molar-refractivity contribution in [1.29, 1.82) is 0 Å². The van der Waals surface area contributed by atoms with Gasteiger partial charge in [-0.05, 0) is 12.1 Å². The fraction of sp³-hybridized carbons (Fsp3) is 0.300. The third-order valence-corrected chi connectivity index (χ3v) is 1.92. The third kappa shape index (κ3) is 32.6. The summed E-state index contributed by atoms with van der Waals surface area (Å²) in [6.07, 6.45) is 4.56. The molecule has 0 amide bonds. The van der Waals surface area contributed by atoms with E-state index in [9.17, 15) is 0 Å². The molecule has 8 radical (unpaired) electrons. The minimum atomic E-state index is 0. The fourth-order valence-electron chi connectivity index (χ4n) is 0.684. The predicted octanol–water partition coefficient (Wildman–Crippen LogP) is 5.83. The summed E-state index contributed by atoms with van der Waals surface area (Å²) >= 11 is 0. The van der Waals surface area contributed by atoms with Crippen LogP contribution in [0.5, 0.6) is 0 Å². The Balaban J connectivity index is -0.000000208. The molecule has 2 rings (SSSR count). The monoisotopic (exact) mass is 388 g/mol. The van der Waals surface area contributed by atoms with Gasteiger partial charge in [0.25, 0.3) is 0 Å². The van der Waals surface area contributed by atoms with Crippen molar-refractivity contribution in [3.63, 3.8) is 0 Å². The van der Waals surface area contributed by atoms with Gasteiger partial charge in [0.2, 0.25) is 0 Å². The van der Waals surface area contributed by atoms with Gasteiger partial charge < -0.3 is 0 Å². The molecule has 0 aliphatic carbocycles. The van der Waals surface area contributed by atoms with Crippen molar-refractivity contribution in [2.75, 3.05) is 0 Å². The fourth-order valence-corrected chi connectivity index (χ4v) is 0.684. The second-order valence-electron chi connectivity index (χ2n) is 3.86. The summed E-state index contributed by atoms with van der Waals surface area (Å²) in [5.41, 5.74) is 0. The molecule has 2 aromatic rings. The van der Waals surface area contributed by atoms with Crippen LogP contribution < -0.4 is 0 Å². The summed E-state index contributed by atoms with van der Waals surface area (Å²) in [5, 5.41) is 0. The van der Waals surface area contributed by atoms with Gasteiger partial charge >= 0.3 is 0 Å². The molecule has 0 aromatic heterocycles. The Hall–Kier alpha value is -0.761. The normalized spacial score (nSPS) is 7.43. The molecule has 0 unspecified atom stereocenters. The maximum Gasteiger partial charge on any atom is 0 e. The number of benzene rings is 2. The van der Waals surface area contributed by atoms with Crippen LogP contribution in [0.3, 0.4) is 0 Å². The quantitative estimate of drug-likeness (QED) is 0.569. The smallest absolute Gasteiger partial charge is 0 e. The molecule has 0 fully saturated rings. The van der Waals surface area contributed by atoms with Gasteiger partial charge in [-0.1, -0.05) is 114 Å². The maximum atomic E-state index is 3.60. The van der Waals surface area contributed by atoms with E-state index in [4.69, 9.17) is 0 Å². The van der Waals surface area contributed by atoms with Crippen molar-refractivity contribution in [2.45, 2.75) is 39.5 Å². The first kappa shape index (κ1) is 25.2. The van der Waals surface area contributed by atoms with Gasteiger partial charge in [0.05, 0.1) is 0 Å². The third-order valence-electron chi connectivity index (χ3n) is 1.92. The van der Waals surface area contributed by atoms with Crippen molar-refractivity contribution < 1.29 is 0 Å². The van der Waals surface area contributed by atoms with Gasteiger partial charge in [-0.2, -0.15) is 0 Å². The molecule has 0 atom stereocenters. The number of unbranched alkanes of at least 4 members (excludes halogenated alkanes) is 2. The van der Waals surface area contributed by atoms with Crippen LogP contribution in [-0.2, 0) is 0 Å². The molecule has 2 aromatic carbocycles. The summed E-state index contributed by atoms with van der Waals surface area (Å²) in [6.45, 7) is 11.4. The molecule has 0 saturated heterocycles. The molecular formula is C20H28Sn. The van der Waals surface area contributed by atoms with E-state index < -0.39 is 0 Å². The van der Waals surface area contributed by atoms with E-state index >= 15 is 0 Å². The van der Waals surface area contributed by atoms with Gasteiger partial charge in [0.1, 0.15) is 0 Å². The Kier molecular flexibility index (Phi) is 33.1. The Morgan fingerprint density at radius 3 is 0.905 bits per heavy atom. The van der Waals surface area contributed by atoms with Gasteiger partial charge in [0, 0.05) is 23.9 Å². The van der Waals surface area contributed by atoms with Crippen molar-refractivity contribution in [2.24, 2.45) is 0 Å². The summed E-state index contributed by atoms with van der Waals surface area (Å²) in [6, 6.07) is 25.0. The van der Waals surface area contributed by atoms with Crippen molar-refractivity contribution in [3.8, 4) is 0 Å². The number of hydrogen-bond acceptors (Lipinski definition) is 0. The predicted molar refractivity (Wildman–Crippen MR) is 96.8 cm³/mol. The van der Waals surface area contributed by atoms with Crippen molar-refractivity contribution >= 4 is 23.9 Å². The number of hydrogen-bond donors (Lipinski definition) is 0. The van der Waals surface area contributed by atoms with Gasteiger partial charge in [0.15, 0.2) is 0 Å². The summed E-state index contributed by atoms with van der Waals surface area (Å²) in [5.74, 6) is 0. The Morgan fingerprint density at radius 2 is 0.857 bits per heavy atom. The second kappa shape index (κ2) is 27.6. The average molecular weight is 387 g/mol. The van der Waals surface area contributed by atoms with Crippen LogP contribution in [-0.4, -0.2) is 23.9 Å². The van der Waals surface area contributed by atoms with E-state index in [-0.39, 0.29) is 23.9 Å². The summed E-state index contributed by atoms with van der Waals surface area (Å²) < 4.78 is 0. The van der Waals surface area contributed by atoms with Gasteiger partial charge in [-0.3, -0.25) is 0 Å². The molecule has 1 heteroatoms. The topological polar surface area (TPSA) is 0 Å². The van der Waals surface area contributed by atoms with Crippen molar-refractivity contribution in [3.05, 3.63) is 86.6 Å². The summed E-state index contributed by atoms with van der Waals surface area (Å²) in [4.78, 5) is 0. The SMILES string of the molecule is [CH2]CCC.[CH2]CCC.[Sn].[c]1ccccc1.[c]1ccccc1. The zero-order chi connectivity index (χ0) is 15.3. The first-order chi connectivity index (χ1) is 9.83. The minimum Gasteiger partial charge on any atom is -0.0654 e. The van der Waals surface area contributed by atoms with E-state index in [1.165, 1.54) is 12.8 Å². The molecule has 112 valence electrons. The van der Waals surface area contributed by atoms with E-state index in [0.29, 0.717) is 0 Å². The van der Waals surface area contributed by atoms with E-state index in [0.717, 1.165) is 12.8 Å². The molecule has 0 saturated carbocycles. The van der Waals surface area contributed by atoms with Crippen LogP contribution in [0.15, 0.2) is 60.7 Å². The zero-order valence-electron chi connectivity index (χ0n) is 13.5. The molecule has 0 aliphatic rings. The Labute approximate surface area is 150 Å². The molecule has 0 bridgehead atoms. The molecule has 0 N–H and O–H groups in total. The standard InChI is InChI=1S/2C6H5.2C4H9.Sn/c2*1-2-4-6-5-3-1;2*1-3-4-2;/h2*1-5H;2*1,3-4H2,2H3;. The second-order valence-corrected chi connectivity index (χ2v) is 3.86. The Morgan fingerprint density at radius 1 is 0.619 bits per heavy atom. The van der Waals surface area contributed by atoms with Crippen molar-refractivity contribution in [1.82, 2.24) is 0 Å². The molecule has 0 heterocycles. The van der Waals surface area contributed by atoms with E-state index in [1.54, 1.807) is 0 Å². The first-order valence-electron chi connectivity index (χ1n) is 7.24. The average Bonchev–Trinajstić information content (AvgIpc) is 2.59. The van der Waals surface area contributed by atoms with Crippen LogP contribution in [0.2, 0.25) is 0 Å². The first-order valence-corrected chi connectivity index (χ1v) is 7.24. The van der Waals surface area contributed by atoms with Crippen LogP contribution >= 0.6 is 0 Å². The van der Waals surface area contributed by atoms with Crippen LogP contribution in [0, 0.1) is 26.0 Å². The van der Waals surface area contributed by atoms with Crippen LogP contribution in [0.25, 0.3) is 0 Å². The van der Waals surface area contributed by atoms with Gasteiger partial charge in [-0.15, -0.1) is 0 Å². The molecule has 0 nitrogen and oxygen atoms in total. The molecule has 21 heavy (non-hydrogen) atoms. The minimum absolute atomic E-state index is 0. The number of rotatable bonds is 2. The molecule has 0 spiro atoms. The summed E-state index contributed by atoms with van der Waals surface area (Å²) in [7, 11) is 0. The Bertz CT molecular complexity index is 225. The largest absolute Gasteiger partial charge is 0.0654 e. The van der Waals surface area contributed by atoms with Crippen LogP contribution in [0.4, 0.5) is 0 Å². The van der Waals surface area contributed by atoms with Crippen LogP contribution in [0.1, 0.15) is 39.5 Å². The van der Waals surface area contributed by atoms with E-state index in [2.05, 4.69) is 39.8 Å². The zero-order valence-corrected chi connectivity index (χ0v) is 16.4. The van der Waals surface area contributed by atoms with Gasteiger partial charge in [-0.25, -0.2) is 0 Å². The maximum absolute atomic E-state index is 3.60.